The summed E-state index contributed by atoms with van der Waals surface area (Å²) in [7, 11) is 0. The summed E-state index contributed by atoms with van der Waals surface area (Å²) >= 11 is 0. The van der Waals surface area contributed by atoms with E-state index in [1.54, 1.807) is 0 Å². The lowest BCUT2D eigenvalue weighted by molar-refractivity contribution is -0.149. The van der Waals surface area contributed by atoms with E-state index in [0.717, 1.165) is 12.8 Å². The van der Waals surface area contributed by atoms with Crippen LogP contribution in [-0.4, -0.2) is 30.6 Å². The van der Waals surface area contributed by atoms with E-state index < -0.39 is 18.2 Å². The van der Waals surface area contributed by atoms with Crippen molar-refractivity contribution in [2.24, 2.45) is 0 Å². The third kappa shape index (κ3) is 12.0. The Morgan fingerprint density at radius 3 is 2.00 bits per heavy atom. The van der Waals surface area contributed by atoms with Crippen molar-refractivity contribution in [2.75, 3.05) is 6.61 Å². The molecule has 0 radical (unpaired) electrons. The van der Waals surface area contributed by atoms with E-state index in [9.17, 15) is 9.59 Å². The molecule has 29 heavy (non-hydrogen) atoms. The highest BCUT2D eigenvalue weighted by atomic mass is 16.6. The van der Waals surface area contributed by atoms with Crippen LogP contribution in [0.15, 0.2) is 24.8 Å². The van der Waals surface area contributed by atoms with Crippen molar-refractivity contribution < 1.29 is 19.1 Å². The highest BCUT2D eigenvalue weighted by molar-refractivity contribution is 6.09. The molecule has 4 nitrogen and oxygen atoms in total. The Hall–Kier alpha value is -1.42. The first-order chi connectivity index (χ1) is 14.2. The van der Waals surface area contributed by atoms with Gasteiger partial charge in [-0.25, -0.2) is 4.79 Å². The van der Waals surface area contributed by atoms with Crippen molar-refractivity contribution in [1.82, 2.24) is 0 Å². The van der Waals surface area contributed by atoms with Crippen LogP contribution in [0, 0.1) is 0 Å². The Labute approximate surface area is 178 Å². The predicted molar refractivity (Wildman–Crippen MR) is 119 cm³/mol. The van der Waals surface area contributed by atoms with Gasteiger partial charge in [0.2, 0.25) is 11.9 Å². The van der Waals surface area contributed by atoms with Crippen LogP contribution in [0.4, 0.5) is 0 Å². The molecular weight excluding hydrogens is 364 g/mol. The molecule has 0 aliphatic carbocycles. The highest BCUT2D eigenvalue weighted by Gasteiger charge is 2.43. The van der Waals surface area contributed by atoms with Crippen LogP contribution in [0.25, 0.3) is 0 Å². The quantitative estimate of drug-likeness (QED) is 0.107. The lowest BCUT2D eigenvalue weighted by atomic mass is 10.0. The molecule has 1 unspecified atom stereocenters. The number of carbonyl (C=O) groups is 2. The zero-order valence-corrected chi connectivity index (χ0v) is 18.5. The number of hydrogen-bond donors (Lipinski definition) is 0. The van der Waals surface area contributed by atoms with Crippen LogP contribution in [0.1, 0.15) is 103 Å². The van der Waals surface area contributed by atoms with Crippen LogP contribution in [0.5, 0.6) is 0 Å². The van der Waals surface area contributed by atoms with Gasteiger partial charge in [-0.15, -0.1) is 6.58 Å². The third-order valence-electron chi connectivity index (χ3n) is 5.42. The minimum absolute atomic E-state index is 0.178. The Kier molecular flexibility index (Phi) is 15.4. The maximum absolute atomic E-state index is 12.1. The summed E-state index contributed by atoms with van der Waals surface area (Å²) in [5.74, 6) is -0.825. The molecule has 1 fully saturated rings. The molecule has 0 aromatic rings. The van der Waals surface area contributed by atoms with Gasteiger partial charge in [0.1, 0.15) is 0 Å². The largest absolute Gasteiger partial charge is 0.452 e. The smallest absolute Gasteiger partial charge is 0.343 e. The maximum atomic E-state index is 12.1. The lowest BCUT2D eigenvalue weighted by Crippen LogP contribution is -2.28. The fourth-order valence-electron chi connectivity index (χ4n) is 3.65. The van der Waals surface area contributed by atoms with Crippen molar-refractivity contribution in [3.63, 3.8) is 0 Å². The second-order valence-electron chi connectivity index (χ2n) is 8.06. The lowest BCUT2D eigenvalue weighted by Gasteiger charge is -2.05. The maximum Gasteiger partial charge on any atom is 0.343 e. The summed E-state index contributed by atoms with van der Waals surface area (Å²) in [4.78, 5) is 23.7. The van der Waals surface area contributed by atoms with E-state index in [2.05, 4.69) is 25.7 Å². The number of carbonyl (C=O) groups excluding carboxylic acids is 2. The molecule has 1 aliphatic heterocycles. The summed E-state index contributed by atoms with van der Waals surface area (Å²) in [6.07, 6.45) is 22.8. The summed E-state index contributed by atoms with van der Waals surface area (Å²) in [5, 5.41) is 0. The molecule has 0 aromatic heterocycles. The van der Waals surface area contributed by atoms with Gasteiger partial charge >= 0.3 is 5.97 Å². The van der Waals surface area contributed by atoms with Gasteiger partial charge in [0, 0.05) is 0 Å². The first-order valence-electron chi connectivity index (χ1n) is 11.8. The minimum Gasteiger partial charge on any atom is -0.452 e. The molecule has 1 aliphatic rings. The van der Waals surface area contributed by atoms with Crippen LogP contribution in [0.3, 0.4) is 0 Å². The molecule has 0 spiro atoms. The number of unbranched alkanes of at least 4 members (excludes halogenated alkanes) is 12. The van der Waals surface area contributed by atoms with Crippen LogP contribution >= 0.6 is 0 Å². The second kappa shape index (κ2) is 17.4. The Morgan fingerprint density at radius 1 is 0.862 bits per heavy atom. The molecule has 166 valence electrons. The molecular formula is C25H42O4. The van der Waals surface area contributed by atoms with Gasteiger partial charge in [0.25, 0.3) is 0 Å². The first kappa shape index (κ1) is 25.6. The standard InChI is InChI=1S/C25H42O4/c1-3-5-6-7-8-9-10-11-12-13-14-15-16-17-18-19-20-22-23(26)24(25(27)29-22)28-21-4-2/h4,17-18,22,24H,2-3,5-16,19-21H2,1H3/t22-,24?/m0/s1. The van der Waals surface area contributed by atoms with Crippen molar-refractivity contribution in [1.29, 1.82) is 0 Å². The summed E-state index contributed by atoms with van der Waals surface area (Å²) < 4.78 is 10.3. The molecule has 0 amide bonds. The minimum atomic E-state index is -1.07. The van der Waals surface area contributed by atoms with Gasteiger partial charge in [-0.2, -0.15) is 0 Å². The van der Waals surface area contributed by atoms with Gasteiger partial charge in [0.15, 0.2) is 6.10 Å². The van der Waals surface area contributed by atoms with E-state index in [4.69, 9.17) is 9.47 Å². The second-order valence-corrected chi connectivity index (χ2v) is 8.06. The van der Waals surface area contributed by atoms with E-state index in [-0.39, 0.29) is 12.4 Å². The SMILES string of the molecule is C=CCOC1C(=O)O[C@@H](CCC=CCCCCCCCCCCCCCC)C1=O. The normalized spacial score (nSPS) is 19.2. The average molecular weight is 407 g/mol. The van der Waals surface area contributed by atoms with Crippen LogP contribution in [0.2, 0.25) is 0 Å². The zero-order chi connectivity index (χ0) is 21.2. The fourth-order valence-corrected chi connectivity index (χ4v) is 3.65. The van der Waals surface area contributed by atoms with Gasteiger partial charge in [-0.1, -0.05) is 95.8 Å². The summed E-state index contributed by atoms with van der Waals surface area (Å²) in [5.41, 5.74) is 0. The molecule has 1 heterocycles. The van der Waals surface area contributed by atoms with Gasteiger partial charge in [-0.3, -0.25) is 4.79 Å². The first-order valence-corrected chi connectivity index (χ1v) is 11.8. The Bertz CT molecular complexity index is 483. The molecule has 2 atom stereocenters. The monoisotopic (exact) mass is 406 g/mol. The number of allylic oxidation sites excluding steroid dienone is 2. The average Bonchev–Trinajstić information content (AvgIpc) is 2.99. The van der Waals surface area contributed by atoms with Crippen molar-refractivity contribution in [3.05, 3.63) is 24.8 Å². The van der Waals surface area contributed by atoms with E-state index in [1.165, 1.54) is 83.1 Å². The molecule has 0 aromatic carbocycles. The number of hydrogen-bond acceptors (Lipinski definition) is 4. The number of ether oxygens (including phenoxy) is 2. The van der Waals surface area contributed by atoms with Gasteiger partial charge < -0.3 is 9.47 Å². The van der Waals surface area contributed by atoms with E-state index in [0.29, 0.717) is 6.42 Å². The Balaban J connectivity index is 1.91. The van der Waals surface area contributed by atoms with Gasteiger partial charge in [0.05, 0.1) is 6.61 Å². The highest BCUT2D eigenvalue weighted by Crippen LogP contribution is 2.19. The molecule has 1 saturated heterocycles. The predicted octanol–water partition coefficient (Wildman–Crippen LogP) is 6.48. The zero-order valence-electron chi connectivity index (χ0n) is 18.5. The molecule has 0 saturated carbocycles. The number of esters is 1. The summed E-state index contributed by atoms with van der Waals surface area (Å²) in [6.45, 7) is 5.96. The number of rotatable bonds is 19. The van der Waals surface area contributed by atoms with Gasteiger partial charge in [-0.05, 0) is 25.7 Å². The van der Waals surface area contributed by atoms with Crippen molar-refractivity contribution in [2.45, 2.75) is 115 Å². The molecule has 0 N–H and O–H groups in total. The fraction of sp³-hybridized carbons (Fsp3) is 0.760. The topological polar surface area (TPSA) is 52.6 Å². The number of Topliss-reactive ketones (excluding diaryl/α,β-unsaturated/α-hetero) is 1. The van der Waals surface area contributed by atoms with E-state index in [1.807, 2.05) is 0 Å². The van der Waals surface area contributed by atoms with E-state index >= 15 is 0 Å². The van der Waals surface area contributed by atoms with Crippen molar-refractivity contribution >= 4 is 11.8 Å². The van der Waals surface area contributed by atoms with Crippen LogP contribution in [-0.2, 0) is 19.1 Å². The van der Waals surface area contributed by atoms with Crippen LogP contribution < -0.4 is 0 Å². The Morgan fingerprint density at radius 2 is 1.41 bits per heavy atom. The molecule has 4 heteroatoms. The molecule has 0 bridgehead atoms. The number of cyclic esters (lactones) is 1. The third-order valence-corrected chi connectivity index (χ3v) is 5.42. The summed E-state index contributed by atoms with van der Waals surface area (Å²) in [6, 6.07) is 0. The van der Waals surface area contributed by atoms with Crippen molar-refractivity contribution in [3.8, 4) is 0 Å². The molecule has 1 rings (SSSR count). The number of ketones is 1.